The smallest absolute Gasteiger partial charge is 0.410 e. The summed E-state index contributed by atoms with van der Waals surface area (Å²) in [6, 6.07) is -0.230. The largest absolute Gasteiger partial charge is 0.445 e. The van der Waals surface area contributed by atoms with E-state index in [9.17, 15) is 13.2 Å². The second kappa shape index (κ2) is 8.45. The van der Waals surface area contributed by atoms with Crippen LogP contribution < -0.4 is 0 Å². The van der Waals surface area contributed by atoms with Crippen LogP contribution in [0.1, 0.15) is 24.4 Å². The molecule has 2 atom stereocenters. The molecular formula is C15H23N3O6S. The molecule has 0 aliphatic carbocycles. The zero-order valence-corrected chi connectivity index (χ0v) is 14.9. The van der Waals surface area contributed by atoms with E-state index < -0.39 is 22.3 Å². The Morgan fingerprint density at radius 1 is 1.60 bits per heavy atom. The lowest BCUT2D eigenvalue weighted by Gasteiger charge is -2.23. The number of hydrogen-bond donors (Lipinski definition) is 2. The molecule has 140 valence electrons. The summed E-state index contributed by atoms with van der Waals surface area (Å²) in [6.45, 7) is 3.57. The number of aliphatic hydroxyl groups excluding tert-OH is 1. The molecule has 1 amide bonds. The van der Waals surface area contributed by atoms with Crippen LogP contribution >= 0.6 is 0 Å². The molecule has 1 aliphatic heterocycles. The van der Waals surface area contributed by atoms with Crippen molar-refractivity contribution in [1.29, 1.82) is 0 Å². The Kier molecular flexibility index (Phi) is 6.57. The second-order valence-electron chi connectivity index (χ2n) is 5.87. The third kappa shape index (κ3) is 5.83. The van der Waals surface area contributed by atoms with Crippen LogP contribution in [0.4, 0.5) is 4.79 Å². The van der Waals surface area contributed by atoms with Gasteiger partial charge in [0.1, 0.15) is 12.4 Å². The number of aromatic amines is 1. The van der Waals surface area contributed by atoms with Gasteiger partial charge in [-0.1, -0.05) is 12.7 Å². The third-order valence-electron chi connectivity index (χ3n) is 3.81. The van der Waals surface area contributed by atoms with Crippen LogP contribution in [0, 0.1) is 0 Å². The van der Waals surface area contributed by atoms with Gasteiger partial charge in [-0.05, 0) is 12.8 Å². The lowest BCUT2D eigenvalue weighted by atomic mass is 10.1. The van der Waals surface area contributed by atoms with E-state index in [0.717, 1.165) is 6.26 Å². The number of nitrogens with one attached hydrogen (secondary N) is 1. The number of H-pyrrole nitrogens is 1. The number of nitrogens with zero attached hydrogens (tertiary/aromatic N) is 2. The molecular weight excluding hydrogens is 350 g/mol. The molecule has 1 aromatic heterocycles. The van der Waals surface area contributed by atoms with Crippen molar-refractivity contribution < 1.29 is 27.2 Å². The molecule has 0 aromatic carbocycles. The van der Waals surface area contributed by atoms with Crippen LogP contribution in [0.5, 0.6) is 0 Å². The minimum atomic E-state index is -3.61. The van der Waals surface area contributed by atoms with E-state index in [1.165, 1.54) is 11.0 Å². The number of likely N-dealkylation sites (tertiary alicyclic amines) is 1. The third-order valence-corrected chi connectivity index (χ3v) is 4.43. The second-order valence-corrected chi connectivity index (χ2v) is 7.47. The van der Waals surface area contributed by atoms with Crippen molar-refractivity contribution in [2.75, 3.05) is 19.4 Å². The summed E-state index contributed by atoms with van der Waals surface area (Å²) in [7, 11) is -3.61. The standard InChI is InChI=1S/C15H23N3O6S/c1-3-6-23-15(20)18-9-13(24-25(2,21)22)7-12(18)4-5-14-16-8-11(10-19)17-14/h3,8,12-13,19H,1,4-7,9-10H2,2H3,(H,16,17)/t12-,13-/m1/s1. The molecule has 0 radical (unpaired) electrons. The molecule has 25 heavy (non-hydrogen) atoms. The maximum absolute atomic E-state index is 12.2. The summed E-state index contributed by atoms with van der Waals surface area (Å²) in [5.74, 6) is 0.691. The maximum atomic E-state index is 12.2. The molecule has 0 bridgehead atoms. The molecule has 1 fully saturated rings. The van der Waals surface area contributed by atoms with Gasteiger partial charge in [0.05, 0.1) is 31.2 Å². The molecule has 0 saturated carbocycles. The minimum Gasteiger partial charge on any atom is -0.445 e. The predicted molar refractivity (Wildman–Crippen MR) is 89.2 cm³/mol. The number of rotatable bonds is 8. The zero-order chi connectivity index (χ0) is 18.4. The van der Waals surface area contributed by atoms with Crippen molar-refractivity contribution in [1.82, 2.24) is 14.9 Å². The molecule has 0 unspecified atom stereocenters. The number of aryl methyl sites for hydroxylation is 1. The summed E-state index contributed by atoms with van der Waals surface area (Å²) < 4.78 is 32.8. The van der Waals surface area contributed by atoms with E-state index in [2.05, 4.69) is 16.5 Å². The van der Waals surface area contributed by atoms with Crippen LogP contribution in [0.2, 0.25) is 0 Å². The van der Waals surface area contributed by atoms with Crippen molar-refractivity contribution in [2.24, 2.45) is 0 Å². The van der Waals surface area contributed by atoms with Gasteiger partial charge in [-0.2, -0.15) is 8.42 Å². The van der Waals surface area contributed by atoms with Gasteiger partial charge in [0, 0.05) is 18.7 Å². The van der Waals surface area contributed by atoms with E-state index in [-0.39, 0.29) is 25.8 Å². The first-order chi connectivity index (χ1) is 11.8. The number of carbonyl (C=O) groups is 1. The number of hydrogen-bond acceptors (Lipinski definition) is 7. The molecule has 2 heterocycles. The van der Waals surface area contributed by atoms with Gasteiger partial charge in [-0.25, -0.2) is 9.78 Å². The number of aliphatic hydroxyl groups is 1. The van der Waals surface area contributed by atoms with Crippen molar-refractivity contribution in [2.45, 2.75) is 38.0 Å². The van der Waals surface area contributed by atoms with Gasteiger partial charge >= 0.3 is 6.09 Å². The Labute approximate surface area is 146 Å². The average molecular weight is 373 g/mol. The summed E-state index contributed by atoms with van der Waals surface area (Å²) in [5.41, 5.74) is 0.543. The van der Waals surface area contributed by atoms with Crippen molar-refractivity contribution in [3.8, 4) is 0 Å². The molecule has 1 aromatic rings. The van der Waals surface area contributed by atoms with Gasteiger partial charge in [0.2, 0.25) is 0 Å². The lowest BCUT2D eigenvalue weighted by molar-refractivity contribution is 0.103. The van der Waals surface area contributed by atoms with Crippen LogP contribution in [-0.2, 0) is 32.1 Å². The SMILES string of the molecule is C=CCOC(=O)N1C[C@H](OS(C)(=O)=O)C[C@H]1CCc1nc(CO)c[nH]1. The Hall–Kier alpha value is -1.91. The maximum Gasteiger partial charge on any atom is 0.410 e. The molecule has 2 rings (SSSR count). The van der Waals surface area contributed by atoms with E-state index in [0.29, 0.717) is 30.8 Å². The fourth-order valence-electron chi connectivity index (χ4n) is 2.82. The highest BCUT2D eigenvalue weighted by Crippen LogP contribution is 2.25. The summed E-state index contributed by atoms with van der Waals surface area (Å²) in [5, 5.41) is 9.04. The Bertz CT molecular complexity index is 702. The number of ether oxygens (including phenoxy) is 1. The molecule has 9 nitrogen and oxygen atoms in total. The van der Waals surface area contributed by atoms with Crippen LogP contribution in [0.15, 0.2) is 18.9 Å². The first-order valence-electron chi connectivity index (χ1n) is 7.89. The van der Waals surface area contributed by atoms with Gasteiger partial charge in [-0.3, -0.25) is 4.18 Å². The number of carbonyl (C=O) groups excluding carboxylic acids is 1. The number of amides is 1. The lowest BCUT2D eigenvalue weighted by Crippen LogP contribution is -2.37. The Morgan fingerprint density at radius 3 is 2.96 bits per heavy atom. The van der Waals surface area contributed by atoms with E-state index >= 15 is 0 Å². The quantitative estimate of drug-likeness (QED) is 0.505. The zero-order valence-electron chi connectivity index (χ0n) is 14.1. The summed E-state index contributed by atoms with van der Waals surface area (Å²) >= 11 is 0. The summed E-state index contributed by atoms with van der Waals surface area (Å²) in [6.07, 6.45) is 4.44. The van der Waals surface area contributed by atoms with Crippen molar-refractivity contribution in [3.05, 3.63) is 30.4 Å². The van der Waals surface area contributed by atoms with E-state index in [4.69, 9.17) is 14.0 Å². The average Bonchev–Trinajstić information content (AvgIpc) is 3.15. The Morgan fingerprint density at radius 2 is 2.36 bits per heavy atom. The van der Waals surface area contributed by atoms with Gasteiger partial charge in [0.25, 0.3) is 10.1 Å². The molecule has 1 aliphatic rings. The molecule has 0 spiro atoms. The molecule has 1 saturated heterocycles. The van der Waals surface area contributed by atoms with Crippen molar-refractivity contribution >= 4 is 16.2 Å². The minimum absolute atomic E-state index is 0.0810. The van der Waals surface area contributed by atoms with Crippen molar-refractivity contribution in [3.63, 3.8) is 0 Å². The first kappa shape index (κ1) is 19.4. The molecule has 10 heteroatoms. The first-order valence-corrected chi connectivity index (χ1v) is 9.70. The predicted octanol–water partition coefficient (Wildman–Crippen LogP) is 0.576. The Balaban J connectivity index is 2.01. The van der Waals surface area contributed by atoms with Gasteiger partial charge in [0.15, 0.2) is 0 Å². The van der Waals surface area contributed by atoms with Gasteiger partial charge in [-0.15, -0.1) is 0 Å². The highest BCUT2D eigenvalue weighted by molar-refractivity contribution is 7.86. The van der Waals surface area contributed by atoms with Crippen LogP contribution in [0.25, 0.3) is 0 Å². The normalized spacial score (nSPS) is 20.6. The van der Waals surface area contributed by atoms with E-state index in [1.807, 2.05) is 0 Å². The number of imidazole rings is 1. The number of aromatic nitrogens is 2. The van der Waals surface area contributed by atoms with Gasteiger partial charge < -0.3 is 19.7 Å². The molecule has 2 N–H and O–H groups in total. The highest BCUT2D eigenvalue weighted by Gasteiger charge is 2.38. The van der Waals surface area contributed by atoms with Crippen LogP contribution in [0.3, 0.4) is 0 Å². The van der Waals surface area contributed by atoms with Crippen LogP contribution in [-0.4, -0.2) is 66.0 Å². The fraction of sp³-hybridized carbons (Fsp3) is 0.600. The van der Waals surface area contributed by atoms with E-state index in [1.54, 1.807) is 6.20 Å². The topological polar surface area (TPSA) is 122 Å². The highest BCUT2D eigenvalue weighted by atomic mass is 32.2. The summed E-state index contributed by atoms with van der Waals surface area (Å²) in [4.78, 5) is 20.8. The fourth-order valence-corrected chi connectivity index (χ4v) is 3.45. The monoisotopic (exact) mass is 373 g/mol.